The number of hydrogen-bond donors (Lipinski definition) is 2. The number of aliphatic hydroxyl groups is 1. The lowest BCUT2D eigenvalue weighted by Gasteiger charge is -2.39. The van der Waals surface area contributed by atoms with Gasteiger partial charge in [-0.05, 0) is 26.3 Å². The summed E-state index contributed by atoms with van der Waals surface area (Å²) >= 11 is 0. The zero-order chi connectivity index (χ0) is 8.97. The van der Waals surface area contributed by atoms with E-state index >= 15 is 0 Å². The third kappa shape index (κ3) is 3.09. The van der Waals surface area contributed by atoms with Crippen LogP contribution >= 0.6 is 0 Å². The molecule has 1 atom stereocenters. The van der Waals surface area contributed by atoms with Gasteiger partial charge in [-0.25, -0.2) is 0 Å². The molecule has 1 aliphatic heterocycles. The minimum Gasteiger partial charge on any atom is -0.393 e. The van der Waals surface area contributed by atoms with E-state index in [4.69, 9.17) is 5.11 Å². The van der Waals surface area contributed by atoms with Crippen molar-refractivity contribution in [2.45, 2.75) is 19.4 Å². The topological polar surface area (TPSA) is 35.5 Å². The zero-order valence-corrected chi connectivity index (χ0v) is 8.08. The summed E-state index contributed by atoms with van der Waals surface area (Å²) in [6.07, 6.45) is 0.764. The SMILES string of the molecule is CNCC1CN(CCC(C)O)C1. The average molecular weight is 172 g/mol. The number of hydrogen-bond acceptors (Lipinski definition) is 3. The Morgan fingerprint density at radius 1 is 1.58 bits per heavy atom. The summed E-state index contributed by atoms with van der Waals surface area (Å²) in [5.41, 5.74) is 0. The third-order valence-corrected chi connectivity index (χ3v) is 2.39. The Kier molecular flexibility index (Phi) is 3.98. The summed E-state index contributed by atoms with van der Waals surface area (Å²) in [5.74, 6) is 0.837. The Labute approximate surface area is 74.8 Å². The Morgan fingerprint density at radius 3 is 2.75 bits per heavy atom. The van der Waals surface area contributed by atoms with Crippen LogP contribution in [0.1, 0.15) is 13.3 Å². The maximum Gasteiger partial charge on any atom is 0.0524 e. The number of nitrogens with one attached hydrogen (secondary N) is 1. The number of likely N-dealkylation sites (tertiary alicyclic amines) is 1. The number of aliphatic hydroxyl groups excluding tert-OH is 1. The van der Waals surface area contributed by atoms with Gasteiger partial charge in [0.2, 0.25) is 0 Å². The summed E-state index contributed by atoms with van der Waals surface area (Å²) in [6, 6.07) is 0. The fourth-order valence-electron chi connectivity index (χ4n) is 1.65. The standard InChI is InChI=1S/C9H20N2O/c1-8(12)3-4-11-6-9(7-11)5-10-2/h8-10,12H,3-7H2,1-2H3. The van der Waals surface area contributed by atoms with Gasteiger partial charge in [-0.1, -0.05) is 0 Å². The van der Waals surface area contributed by atoms with Crippen LogP contribution in [0.2, 0.25) is 0 Å². The Morgan fingerprint density at radius 2 is 2.25 bits per heavy atom. The quantitative estimate of drug-likeness (QED) is 0.608. The molecule has 1 saturated heterocycles. The van der Waals surface area contributed by atoms with Gasteiger partial charge in [0.05, 0.1) is 6.10 Å². The second-order valence-corrected chi connectivity index (χ2v) is 3.82. The normalized spacial score (nSPS) is 22.2. The summed E-state index contributed by atoms with van der Waals surface area (Å²) in [6.45, 7) is 6.44. The molecule has 1 aliphatic rings. The second-order valence-electron chi connectivity index (χ2n) is 3.82. The molecule has 0 aliphatic carbocycles. The predicted octanol–water partition coefficient (Wildman–Crippen LogP) is -0.0915. The first-order valence-electron chi connectivity index (χ1n) is 4.77. The second kappa shape index (κ2) is 4.80. The van der Waals surface area contributed by atoms with Crippen molar-refractivity contribution in [3.8, 4) is 0 Å². The van der Waals surface area contributed by atoms with Crippen LogP contribution in [0.3, 0.4) is 0 Å². The van der Waals surface area contributed by atoms with E-state index in [9.17, 15) is 0 Å². The summed E-state index contributed by atoms with van der Waals surface area (Å²) in [5, 5.41) is 12.2. The molecule has 0 bridgehead atoms. The predicted molar refractivity (Wildman–Crippen MR) is 50.2 cm³/mol. The molecule has 0 radical (unpaired) electrons. The lowest BCUT2D eigenvalue weighted by Crippen LogP contribution is -2.50. The molecule has 1 fully saturated rings. The van der Waals surface area contributed by atoms with Crippen molar-refractivity contribution in [3.05, 3.63) is 0 Å². The molecule has 3 heteroatoms. The Bertz CT molecular complexity index is 122. The highest BCUT2D eigenvalue weighted by Crippen LogP contribution is 2.14. The van der Waals surface area contributed by atoms with Crippen LogP contribution in [-0.2, 0) is 0 Å². The minimum absolute atomic E-state index is 0.145. The van der Waals surface area contributed by atoms with E-state index in [1.165, 1.54) is 13.1 Å². The van der Waals surface area contributed by atoms with Crippen molar-refractivity contribution >= 4 is 0 Å². The zero-order valence-electron chi connectivity index (χ0n) is 8.08. The first-order chi connectivity index (χ1) is 5.72. The van der Waals surface area contributed by atoms with Crippen molar-refractivity contribution in [1.29, 1.82) is 0 Å². The molecule has 0 aromatic rings. The Hall–Kier alpha value is -0.120. The molecular formula is C9H20N2O. The molecule has 1 heterocycles. The minimum atomic E-state index is -0.145. The van der Waals surface area contributed by atoms with Gasteiger partial charge in [-0.3, -0.25) is 0 Å². The van der Waals surface area contributed by atoms with Crippen molar-refractivity contribution < 1.29 is 5.11 Å². The van der Waals surface area contributed by atoms with E-state index in [2.05, 4.69) is 10.2 Å². The fraction of sp³-hybridized carbons (Fsp3) is 1.00. The first kappa shape index (κ1) is 9.96. The molecule has 0 amide bonds. The molecular weight excluding hydrogens is 152 g/mol. The van der Waals surface area contributed by atoms with E-state index in [0.29, 0.717) is 0 Å². The van der Waals surface area contributed by atoms with Gasteiger partial charge in [0, 0.05) is 26.2 Å². The largest absolute Gasteiger partial charge is 0.393 e. The van der Waals surface area contributed by atoms with Crippen LogP contribution < -0.4 is 5.32 Å². The van der Waals surface area contributed by atoms with Crippen LogP contribution in [0.4, 0.5) is 0 Å². The summed E-state index contributed by atoms with van der Waals surface area (Å²) in [4.78, 5) is 2.40. The lowest BCUT2D eigenvalue weighted by molar-refractivity contribution is 0.0780. The van der Waals surface area contributed by atoms with Crippen LogP contribution in [0, 0.1) is 5.92 Å². The van der Waals surface area contributed by atoms with Crippen molar-refractivity contribution in [2.75, 3.05) is 33.2 Å². The molecule has 3 nitrogen and oxygen atoms in total. The highest BCUT2D eigenvalue weighted by Gasteiger charge is 2.25. The molecule has 12 heavy (non-hydrogen) atoms. The maximum atomic E-state index is 9.05. The fourth-order valence-corrected chi connectivity index (χ4v) is 1.65. The molecule has 0 spiro atoms. The summed E-state index contributed by atoms with van der Waals surface area (Å²) in [7, 11) is 2.00. The third-order valence-electron chi connectivity index (χ3n) is 2.39. The van der Waals surface area contributed by atoms with E-state index < -0.39 is 0 Å². The van der Waals surface area contributed by atoms with Gasteiger partial charge in [0.25, 0.3) is 0 Å². The van der Waals surface area contributed by atoms with E-state index in [1.54, 1.807) is 0 Å². The average Bonchev–Trinajstić information content (AvgIpc) is 1.93. The van der Waals surface area contributed by atoms with Crippen LogP contribution in [0.15, 0.2) is 0 Å². The van der Waals surface area contributed by atoms with Gasteiger partial charge >= 0.3 is 0 Å². The number of nitrogens with zero attached hydrogens (tertiary/aromatic N) is 1. The molecule has 2 N–H and O–H groups in total. The molecule has 1 rings (SSSR count). The highest BCUT2D eigenvalue weighted by molar-refractivity contribution is 4.80. The molecule has 0 aromatic heterocycles. The van der Waals surface area contributed by atoms with Gasteiger partial charge in [0.15, 0.2) is 0 Å². The van der Waals surface area contributed by atoms with E-state index in [1.807, 2.05) is 14.0 Å². The first-order valence-corrected chi connectivity index (χ1v) is 4.77. The highest BCUT2D eigenvalue weighted by atomic mass is 16.3. The Balaban J connectivity index is 1.95. The van der Waals surface area contributed by atoms with Gasteiger partial charge in [-0.2, -0.15) is 0 Å². The van der Waals surface area contributed by atoms with Gasteiger partial charge in [0.1, 0.15) is 0 Å². The van der Waals surface area contributed by atoms with Crippen LogP contribution in [-0.4, -0.2) is 49.3 Å². The smallest absolute Gasteiger partial charge is 0.0524 e. The summed E-state index contributed by atoms with van der Waals surface area (Å²) < 4.78 is 0. The van der Waals surface area contributed by atoms with Crippen molar-refractivity contribution in [2.24, 2.45) is 5.92 Å². The van der Waals surface area contributed by atoms with E-state index in [0.717, 1.165) is 25.4 Å². The monoisotopic (exact) mass is 172 g/mol. The maximum absolute atomic E-state index is 9.05. The van der Waals surface area contributed by atoms with Crippen LogP contribution in [0.25, 0.3) is 0 Å². The van der Waals surface area contributed by atoms with E-state index in [-0.39, 0.29) is 6.10 Å². The van der Waals surface area contributed by atoms with Crippen LogP contribution in [0.5, 0.6) is 0 Å². The molecule has 0 aromatic carbocycles. The molecule has 1 unspecified atom stereocenters. The lowest BCUT2D eigenvalue weighted by atomic mass is 10.00. The van der Waals surface area contributed by atoms with Crippen molar-refractivity contribution in [1.82, 2.24) is 10.2 Å². The molecule has 72 valence electrons. The number of rotatable bonds is 5. The van der Waals surface area contributed by atoms with Gasteiger partial charge in [-0.15, -0.1) is 0 Å². The van der Waals surface area contributed by atoms with Gasteiger partial charge < -0.3 is 15.3 Å². The van der Waals surface area contributed by atoms with Crippen molar-refractivity contribution in [3.63, 3.8) is 0 Å². The molecule has 0 saturated carbocycles.